The molecule has 1 fully saturated rings. The Morgan fingerprint density at radius 3 is 2.53 bits per heavy atom. The second-order valence-electron chi connectivity index (χ2n) is 5.70. The average Bonchev–Trinajstić information content (AvgIpc) is 3.01. The summed E-state index contributed by atoms with van der Waals surface area (Å²) in [6, 6.07) is 0.556. The fraction of sp³-hybridized carbons (Fsp3) is 0.923. The van der Waals surface area contributed by atoms with Crippen LogP contribution in [-0.2, 0) is 0 Å². The van der Waals surface area contributed by atoms with Crippen molar-refractivity contribution in [1.29, 1.82) is 0 Å². The molecule has 1 unspecified atom stereocenters. The fourth-order valence-electron chi connectivity index (χ4n) is 1.95. The van der Waals surface area contributed by atoms with E-state index in [4.69, 9.17) is 5.73 Å². The van der Waals surface area contributed by atoms with Gasteiger partial charge in [0.25, 0.3) is 0 Å². The van der Waals surface area contributed by atoms with E-state index in [0.29, 0.717) is 17.9 Å². The van der Waals surface area contributed by atoms with Gasteiger partial charge in [-0.3, -0.25) is 4.99 Å². The number of nitrogens with zero attached hydrogens (tertiary/aromatic N) is 2. The molecule has 1 saturated carbocycles. The summed E-state index contributed by atoms with van der Waals surface area (Å²) in [4.78, 5) is 6.71. The molecule has 3 N–H and O–H groups in total. The molecule has 0 aliphatic heterocycles. The number of aliphatic imine (C=N–C) groups is 1. The largest absolute Gasteiger partial charge is 0.370 e. The standard InChI is InChI=1S/C13H28N4/c1-10(2)7-8-15-13(14)16-9-12(17(3)4)11-5-6-11/h10-12H,5-9H2,1-4H3,(H3,14,15,16). The Hall–Kier alpha value is -0.770. The molecule has 17 heavy (non-hydrogen) atoms. The minimum atomic E-state index is 0.556. The molecule has 0 aromatic carbocycles. The van der Waals surface area contributed by atoms with Crippen molar-refractivity contribution in [2.75, 3.05) is 27.2 Å². The van der Waals surface area contributed by atoms with Crippen LogP contribution in [0.25, 0.3) is 0 Å². The minimum Gasteiger partial charge on any atom is -0.370 e. The van der Waals surface area contributed by atoms with Crippen LogP contribution in [0.3, 0.4) is 0 Å². The highest BCUT2D eigenvalue weighted by atomic mass is 15.1. The minimum absolute atomic E-state index is 0.556. The summed E-state index contributed by atoms with van der Waals surface area (Å²) in [5, 5.41) is 3.18. The smallest absolute Gasteiger partial charge is 0.188 e. The van der Waals surface area contributed by atoms with Crippen molar-refractivity contribution >= 4 is 5.96 Å². The van der Waals surface area contributed by atoms with Gasteiger partial charge < -0.3 is 16.0 Å². The molecule has 0 amide bonds. The maximum atomic E-state index is 5.85. The summed E-state index contributed by atoms with van der Waals surface area (Å²) < 4.78 is 0. The molecule has 0 aromatic rings. The maximum absolute atomic E-state index is 5.85. The summed E-state index contributed by atoms with van der Waals surface area (Å²) in [5.41, 5.74) is 5.85. The highest BCUT2D eigenvalue weighted by molar-refractivity contribution is 5.77. The van der Waals surface area contributed by atoms with Gasteiger partial charge in [0.05, 0.1) is 6.54 Å². The van der Waals surface area contributed by atoms with Gasteiger partial charge in [-0.15, -0.1) is 0 Å². The van der Waals surface area contributed by atoms with Gasteiger partial charge in [-0.05, 0) is 45.2 Å². The quantitative estimate of drug-likeness (QED) is 0.520. The van der Waals surface area contributed by atoms with Crippen molar-refractivity contribution < 1.29 is 0 Å². The Labute approximate surface area is 106 Å². The molecule has 0 saturated heterocycles. The predicted molar refractivity (Wildman–Crippen MR) is 74.1 cm³/mol. The van der Waals surface area contributed by atoms with E-state index >= 15 is 0 Å². The number of guanidine groups is 1. The van der Waals surface area contributed by atoms with E-state index in [9.17, 15) is 0 Å². The normalized spacial score (nSPS) is 18.8. The van der Waals surface area contributed by atoms with Gasteiger partial charge in [0.15, 0.2) is 5.96 Å². The van der Waals surface area contributed by atoms with Gasteiger partial charge in [-0.25, -0.2) is 0 Å². The number of likely N-dealkylation sites (N-methyl/N-ethyl adjacent to an activating group) is 1. The Morgan fingerprint density at radius 2 is 2.06 bits per heavy atom. The van der Waals surface area contributed by atoms with E-state index in [2.05, 4.69) is 43.2 Å². The van der Waals surface area contributed by atoms with Gasteiger partial charge in [-0.2, -0.15) is 0 Å². The fourth-order valence-corrected chi connectivity index (χ4v) is 1.95. The molecule has 0 aromatic heterocycles. The summed E-state index contributed by atoms with van der Waals surface area (Å²) in [6.07, 6.45) is 3.83. The molecule has 0 heterocycles. The van der Waals surface area contributed by atoms with E-state index in [1.54, 1.807) is 0 Å². The predicted octanol–water partition coefficient (Wildman–Crippen LogP) is 1.28. The van der Waals surface area contributed by atoms with Crippen LogP contribution in [0.1, 0.15) is 33.1 Å². The molecule has 1 aliphatic carbocycles. The Bertz CT molecular complexity index is 242. The lowest BCUT2D eigenvalue weighted by molar-refractivity contribution is 0.271. The van der Waals surface area contributed by atoms with Crippen LogP contribution in [0.2, 0.25) is 0 Å². The zero-order valence-corrected chi connectivity index (χ0v) is 11.7. The van der Waals surface area contributed by atoms with Gasteiger partial charge in [0.1, 0.15) is 0 Å². The first-order chi connectivity index (χ1) is 8.00. The van der Waals surface area contributed by atoms with Gasteiger partial charge in [0, 0.05) is 12.6 Å². The van der Waals surface area contributed by atoms with Crippen molar-refractivity contribution in [2.24, 2.45) is 22.6 Å². The highest BCUT2D eigenvalue weighted by Gasteiger charge is 2.32. The molecular weight excluding hydrogens is 212 g/mol. The number of nitrogens with one attached hydrogen (secondary N) is 1. The van der Waals surface area contributed by atoms with E-state index < -0.39 is 0 Å². The van der Waals surface area contributed by atoms with Gasteiger partial charge in [-0.1, -0.05) is 13.8 Å². The summed E-state index contributed by atoms with van der Waals surface area (Å²) in [7, 11) is 4.25. The van der Waals surface area contributed by atoms with Crippen molar-refractivity contribution in [3.05, 3.63) is 0 Å². The topological polar surface area (TPSA) is 53.6 Å². The number of nitrogens with two attached hydrogens (primary N) is 1. The molecule has 1 atom stereocenters. The van der Waals surface area contributed by atoms with Crippen LogP contribution in [0.5, 0.6) is 0 Å². The monoisotopic (exact) mass is 240 g/mol. The lowest BCUT2D eigenvalue weighted by Gasteiger charge is -2.22. The van der Waals surface area contributed by atoms with E-state index in [0.717, 1.165) is 25.4 Å². The lowest BCUT2D eigenvalue weighted by Crippen LogP contribution is -2.37. The van der Waals surface area contributed by atoms with Crippen molar-refractivity contribution in [2.45, 2.75) is 39.2 Å². The van der Waals surface area contributed by atoms with E-state index in [1.807, 2.05) is 0 Å². The first-order valence-electron chi connectivity index (χ1n) is 6.71. The van der Waals surface area contributed by atoms with Crippen LogP contribution < -0.4 is 11.1 Å². The van der Waals surface area contributed by atoms with Crippen LogP contribution in [0.4, 0.5) is 0 Å². The average molecular weight is 240 g/mol. The number of hydrogen-bond acceptors (Lipinski definition) is 2. The second-order valence-corrected chi connectivity index (χ2v) is 5.70. The lowest BCUT2D eigenvalue weighted by atomic mass is 10.1. The first-order valence-corrected chi connectivity index (χ1v) is 6.71. The van der Waals surface area contributed by atoms with Crippen molar-refractivity contribution in [3.8, 4) is 0 Å². The summed E-state index contributed by atoms with van der Waals surface area (Å²) >= 11 is 0. The third-order valence-corrected chi connectivity index (χ3v) is 3.31. The third kappa shape index (κ3) is 5.91. The Morgan fingerprint density at radius 1 is 1.41 bits per heavy atom. The van der Waals surface area contributed by atoms with Gasteiger partial charge in [0.2, 0.25) is 0 Å². The molecule has 0 radical (unpaired) electrons. The molecule has 1 aliphatic rings. The van der Waals surface area contributed by atoms with Crippen LogP contribution in [0, 0.1) is 11.8 Å². The molecule has 4 nitrogen and oxygen atoms in total. The molecular formula is C13H28N4. The molecule has 4 heteroatoms. The van der Waals surface area contributed by atoms with Crippen molar-refractivity contribution in [1.82, 2.24) is 10.2 Å². The number of rotatable bonds is 7. The number of hydrogen-bond donors (Lipinski definition) is 2. The highest BCUT2D eigenvalue weighted by Crippen LogP contribution is 2.34. The zero-order valence-electron chi connectivity index (χ0n) is 11.7. The van der Waals surface area contributed by atoms with Crippen LogP contribution in [0.15, 0.2) is 4.99 Å². The molecule has 0 bridgehead atoms. The molecule has 100 valence electrons. The Balaban J connectivity index is 2.25. The van der Waals surface area contributed by atoms with Gasteiger partial charge >= 0.3 is 0 Å². The molecule has 0 spiro atoms. The van der Waals surface area contributed by atoms with Crippen LogP contribution >= 0.6 is 0 Å². The second kappa shape index (κ2) is 6.84. The van der Waals surface area contributed by atoms with Crippen LogP contribution in [-0.4, -0.2) is 44.1 Å². The Kier molecular flexibility index (Phi) is 5.75. The first kappa shape index (κ1) is 14.3. The third-order valence-electron chi connectivity index (χ3n) is 3.31. The zero-order chi connectivity index (χ0) is 12.8. The maximum Gasteiger partial charge on any atom is 0.188 e. The SMILES string of the molecule is CC(C)CCNC(N)=NCC(C1CC1)N(C)C. The van der Waals surface area contributed by atoms with E-state index in [1.165, 1.54) is 12.8 Å². The molecule has 1 rings (SSSR count). The summed E-state index contributed by atoms with van der Waals surface area (Å²) in [5.74, 6) is 2.13. The van der Waals surface area contributed by atoms with E-state index in [-0.39, 0.29) is 0 Å². The van der Waals surface area contributed by atoms with Crippen molar-refractivity contribution in [3.63, 3.8) is 0 Å². The summed E-state index contributed by atoms with van der Waals surface area (Å²) in [6.45, 7) is 6.16.